The summed E-state index contributed by atoms with van der Waals surface area (Å²) in [6, 6.07) is 14.1. The van der Waals surface area contributed by atoms with Crippen LogP contribution in [0.4, 0.5) is 10.1 Å². The second-order valence-corrected chi connectivity index (χ2v) is 6.64. The molecular weight excluding hydrogens is 395 g/mol. The van der Waals surface area contributed by atoms with Crippen molar-refractivity contribution in [3.63, 3.8) is 0 Å². The van der Waals surface area contributed by atoms with E-state index in [0.717, 1.165) is 5.69 Å². The van der Waals surface area contributed by atoms with E-state index in [-0.39, 0.29) is 17.3 Å². The summed E-state index contributed by atoms with van der Waals surface area (Å²) in [6.45, 7) is 0. The molecule has 122 valence electrons. The molecule has 0 bridgehead atoms. The molecule has 0 aliphatic heterocycles. The van der Waals surface area contributed by atoms with E-state index >= 15 is 0 Å². The molecule has 0 unspecified atom stereocenters. The van der Waals surface area contributed by atoms with Gasteiger partial charge in [-0.1, -0.05) is 45.9 Å². The molecule has 1 heterocycles. The van der Waals surface area contributed by atoms with Crippen LogP contribution in [0, 0.1) is 5.82 Å². The first-order chi connectivity index (χ1) is 11.6. The third kappa shape index (κ3) is 4.01. The molecule has 2 aromatic carbocycles. The minimum atomic E-state index is -0.491. The summed E-state index contributed by atoms with van der Waals surface area (Å²) in [4.78, 5) is 12.0. The highest BCUT2D eigenvalue weighted by Crippen LogP contribution is 2.22. The normalized spacial score (nSPS) is 10.6. The lowest BCUT2D eigenvalue weighted by molar-refractivity contribution is -0.113. The average Bonchev–Trinajstić information content (AvgIpc) is 3.05. The molecule has 0 aliphatic carbocycles. The highest BCUT2D eigenvalue weighted by molar-refractivity contribution is 9.10. The van der Waals surface area contributed by atoms with E-state index in [1.54, 1.807) is 17.0 Å². The summed E-state index contributed by atoms with van der Waals surface area (Å²) in [7, 11) is 0. The Labute approximate surface area is 150 Å². The Morgan fingerprint density at radius 1 is 1.25 bits per heavy atom. The van der Waals surface area contributed by atoms with Gasteiger partial charge in [-0.2, -0.15) is 0 Å². The first-order valence-electron chi connectivity index (χ1n) is 6.96. The van der Waals surface area contributed by atoms with Gasteiger partial charge in [-0.3, -0.25) is 9.36 Å². The van der Waals surface area contributed by atoms with Gasteiger partial charge in [0.05, 0.1) is 11.4 Å². The second kappa shape index (κ2) is 7.59. The number of benzene rings is 2. The van der Waals surface area contributed by atoms with Crippen molar-refractivity contribution in [2.75, 3.05) is 11.1 Å². The number of anilines is 1. The molecule has 3 aromatic rings. The van der Waals surface area contributed by atoms with E-state index in [0.29, 0.717) is 9.63 Å². The van der Waals surface area contributed by atoms with Crippen molar-refractivity contribution >= 4 is 39.3 Å². The molecule has 0 atom stereocenters. The number of nitrogens with one attached hydrogen (secondary N) is 1. The first-order valence-corrected chi connectivity index (χ1v) is 8.74. The molecule has 1 aromatic heterocycles. The summed E-state index contributed by atoms with van der Waals surface area (Å²) in [5.74, 6) is -0.708. The predicted molar refractivity (Wildman–Crippen MR) is 94.8 cm³/mol. The van der Waals surface area contributed by atoms with Gasteiger partial charge in [-0.15, -0.1) is 10.2 Å². The molecule has 1 N–H and O–H groups in total. The Bertz CT molecular complexity index is 856. The van der Waals surface area contributed by atoms with E-state index in [2.05, 4.69) is 31.4 Å². The molecule has 0 fully saturated rings. The molecule has 3 rings (SSSR count). The molecule has 0 aliphatic rings. The maximum Gasteiger partial charge on any atom is 0.234 e. The number of halogens is 2. The number of carbonyl (C=O) groups excluding carboxylic acids is 1. The van der Waals surface area contributed by atoms with Gasteiger partial charge in [0.2, 0.25) is 5.91 Å². The van der Waals surface area contributed by atoms with Crippen LogP contribution in [-0.4, -0.2) is 26.4 Å². The van der Waals surface area contributed by atoms with E-state index in [1.165, 1.54) is 23.9 Å². The molecule has 0 spiro atoms. The fraction of sp³-hybridized carbons (Fsp3) is 0.0625. The fourth-order valence-corrected chi connectivity index (χ4v) is 3.06. The number of para-hydroxylation sites is 1. The molecule has 0 saturated heterocycles. The van der Waals surface area contributed by atoms with Crippen LogP contribution in [0.15, 0.2) is 64.5 Å². The second-order valence-electron chi connectivity index (χ2n) is 4.78. The van der Waals surface area contributed by atoms with Crippen LogP contribution < -0.4 is 5.32 Å². The molecule has 1 amide bonds. The summed E-state index contributed by atoms with van der Waals surface area (Å²) in [5, 5.41) is 11.0. The minimum absolute atomic E-state index is 0.0982. The zero-order chi connectivity index (χ0) is 16.9. The highest BCUT2D eigenvalue weighted by atomic mass is 79.9. The van der Waals surface area contributed by atoms with Gasteiger partial charge in [0.1, 0.15) is 12.1 Å². The van der Waals surface area contributed by atoms with E-state index in [1.807, 2.05) is 30.3 Å². The number of nitrogens with zero attached hydrogens (tertiary/aromatic N) is 3. The van der Waals surface area contributed by atoms with Crippen molar-refractivity contribution in [3.8, 4) is 5.69 Å². The van der Waals surface area contributed by atoms with Crippen molar-refractivity contribution in [1.82, 2.24) is 14.8 Å². The van der Waals surface area contributed by atoms with Crippen LogP contribution in [0.3, 0.4) is 0 Å². The van der Waals surface area contributed by atoms with Crippen molar-refractivity contribution in [3.05, 3.63) is 65.1 Å². The van der Waals surface area contributed by atoms with E-state index in [4.69, 9.17) is 0 Å². The van der Waals surface area contributed by atoms with E-state index in [9.17, 15) is 9.18 Å². The lowest BCUT2D eigenvalue weighted by Crippen LogP contribution is -2.15. The van der Waals surface area contributed by atoms with Gasteiger partial charge in [-0.05, 0) is 30.3 Å². The van der Waals surface area contributed by atoms with Gasteiger partial charge >= 0.3 is 0 Å². The highest BCUT2D eigenvalue weighted by Gasteiger charge is 2.12. The van der Waals surface area contributed by atoms with Crippen LogP contribution in [0.25, 0.3) is 5.69 Å². The Kier molecular flexibility index (Phi) is 5.27. The third-order valence-corrected chi connectivity index (χ3v) is 4.52. The van der Waals surface area contributed by atoms with Crippen LogP contribution in [0.2, 0.25) is 0 Å². The molecule has 24 heavy (non-hydrogen) atoms. The first kappa shape index (κ1) is 16.7. The van der Waals surface area contributed by atoms with Crippen molar-refractivity contribution in [1.29, 1.82) is 0 Å². The van der Waals surface area contributed by atoms with Gasteiger partial charge in [-0.25, -0.2) is 4.39 Å². The molecule has 0 radical (unpaired) electrons. The Hall–Kier alpha value is -2.19. The lowest BCUT2D eigenvalue weighted by atomic mass is 10.3. The quantitative estimate of drug-likeness (QED) is 0.652. The molecule has 5 nitrogen and oxygen atoms in total. The summed E-state index contributed by atoms with van der Waals surface area (Å²) in [5.41, 5.74) is 1.05. The number of thioether (sulfide) groups is 1. The number of amides is 1. The van der Waals surface area contributed by atoms with Gasteiger partial charge in [0, 0.05) is 10.2 Å². The van der Waals surface area contributed by atoms with Gasteiger partial charge in [0.25, 0.3) is 0 Å². The Balaban J connectivity index is 1.64. The van der Waals surface area contributed by atoms with E-state index < -0.39 is 5.82 Å². The number of hydrogen-bond acceptors (Lipinski definition) is 4. The van der Waals surface area contributed by atoms with Crippen LogP contribution in [0.1, 0.15) is 0 Å². The van der Waals surface area contributed by atoms with Crippen LogP contribution in [-0.2, 0) is 4.79 Å². The standard InChI is InChI=1S/C16H12BrFN4OS/c17-11-6-7-14(13(18)8-11)20-15(23)9-24-16-21-19-10-22(16)12-4-2-1-3-5-12/h1-8,10H,9H2,(H,20,23). The third-order valence-electron chi connectivity index (χ3n) is 3.09. The number of carbonyl (C=O) groups is 1. The monoisotopic (exact) mass is 406 g/mol. The zero-order valence-corrected chi connectivity index (χ0v) is 14.7. The Morgan fingerprint density at radius 2 is 2.04 bits per heavy atom. The predicted octanol–water partition coefficient (Wildman–Crippen LogP) is 3.90. The van der Waals surface area contributed by atoms with Gasteiger partial charge < -0.3 is 5.32 Å². The minimum Gasteiger partial charge on any atom is -0.323 e. The summed E-state index contributed by atoms with van der Waals surface area (Å²) in [6.07, 6.45) is 1.59. The number of hydrogen-bond donors (Lipinski definition) is 1. The topological polar surface area (TPSA) is 59.8 Å². The number of rotatable bonds is 5. The fourth-order valence-electron chi connectivity index (χ4n) is 2.00. The lowest BCUT2D eigenvalue weighted by Gasteiger charge is -2.07. The average molecular weight is 407 g/mol. The maximum atomic E-state index is 13.7. The number of aromatic nitrogens is 3. The zero-order valence-electron chi connectivity index (χ0n) is 12.3. The maximum absolute atomic E-state index is 13.7. The van der Waals surface area contributed by atoms with Crippen molar-refractivity contribution in [2.24, 2.45) is 0 Å². The molecule has 0 saturated carbocycles. The largest absolute Gasteiger partial charge is 0.323 e. The van der Waals surface area contributed by atoms with Crippen molar-refractivity contribution in [2.45, 2.75) is 5.16 Å². The van der Waals surface area contributed by atoms with Gasteiger partial charge in [0.15, 0.2) is 5.16 Å². The SMILES string of the molecule is O=C(CSc1nncn1-c1ccccc1)Nc1ccc(Br)cc1F. The smallest absolute Gasteiger partial charge is 0.234 e. The molecule has 8 heteroatoms. The summed E-state index contributed by atoms with van der Waals surface area (Å²) >= 11 is 4.41. The van der Waals surface area contributed by atoms with Crippen LogP contribution in [0.5, 0.6) is 0 Å². The van der Waals surface area contributed by atoms with Crippen molar-refractivity contribution < 1.29 is 9.18 Å². The summed E-state index contributed by atoms with van der Waals surface area (Å²) < 4.78 is 16.1. The molecular formula is C16H12BrFN4OS. The Morgan fingerprint density at radius 3 is 2.79 bits per heavy atom. The van der Waals surface area contributed by atoms with Crippen LogP contribution >= 0.6 is 27.7 Å².